The zero-order chi connectivity index (χ0) is 13.8. The molecule has 4 nitrogen and oxygen atoms in total. The van der Waals surface area contributed by atoms with Crippen LogP contribution in [0.3, 0.4) is 0 Å². The minimum absolute atomic E-state index is 0.164. The molecular formula is C13H13F2N3O. The zero-order valence-corrected chi connectivity index (χ0v) is 10.4. The van der Waals surface area contributed by atoms with Gasteiger partial charge in [-0.25, -0.2) is 13.8 Å². The second-order valence-electron chi connectivity index (χ2n) is 4.16. The highest BCUT2D eigenvalue weighted by Gasteiger charge is 2.11. The van der Waals surface area contributed by atoms with Gasteiger partial charge < -0.3 is 9.88 Å². The van der Waals surface area contributed by atoms with Gasteiger partial charge in [0.1, 0.15) is 11.6 Å². The fraction of sp³-hybridized carbons (Fsp3) is 0.231. The van der Waals surface area contributed by atoms with E-state index in [0.717, 1.165) is 17.8 Å². The van der Waals surface area contributed by atoms with E-state index in [-0.39, 0.29) is 5.56 Å². The summed E-state index contributed by atoms with van der Waals surface area (Å²) in [5.74, 6) is -2.13. The molecule has 0 aliphatic heterocycles. The molecule has 0 atom stereocenters. The molecule has 1 aromatic carbocycles. The summed E-state index contributed by atoms with van der Waals surface area (Å²) in [7, 11) is 1.85. The number of carbonyl (C=O) groups is 1. The Hall–Kier alpha value is -2.24. The van der Waals surface area contributed by atoms with Crippen molar-refractivity contribution in [3.8, 4) is 0 Å². The maximum absolute atomic E-state index is 13.3. The normalized spacial score (nSPS) is 10.5. The van der Waals surface area contributed by atoms with E-state index in [2.05, 4.69) is 10.3 Å². The van der Waals surface area contributed by atoms with E-state index in [0.29, 0.717) is 19.0 Å². The number of imidazole rings is 1. The first-order valence-electron chi connectivity index (χ1n) is 5.76. The Balaban J connectivity index is 1.90. The molecule has 0 fully saturated rings. The molecule has 2 rings (SSSR count). The number of halogens is 2. The van der Waals surface area contributed by atoms with Crippen LogP contribution < -0.4 is 5.32 Å². The van der Waals surface area contributed by atoms with Crippen LogP contribution in [0.4, 0.5) is 8.78 Å². The molecule has 1 heterocycles. The molecule has 0 bridgehead atoms. The molecule has 0 aliphatic rings. The van der Waals surface area contributed by atoms with Crippen LogP contribution in [0.25, 0.3) is 0 Å². The summed E-state index contributed by atoms with van der Waals surface area (Å²) in [6, 6.07) is 2.87. The standard InChI is InChI=1S/C13H13F2N3O/c1-18-7-10(17-8-18)4-5-16-13(19)11-3-2-9(14)6-12(11)15/h2-3,6-8H,4-5H2,1H3,(H,16,19). The highest BCUT2D eigenvalue weighted by molar-refractivity contribution is 5.94. The predicted molar refractivity (Wildman–Crippen MR) is 65.6 cm³/mol. The third kappa shape index (κ3) is 3.37. The fourth-order valence-electron chi connectivity index (χ4n) is 1.67. The number of carbonyl (C=O) groups excluding carboxylic acids is 1. The molecule has 0 saturated heterocycles. The van der Waals surface area contributed by atoms with Crippen LogP contribution in [0.5, 0.6) is 0 Å². The second-order valence-corrected chi connectivity index (χ2v) is 4.16. The average molecular weight is 265 g/mol. The van der Waals surface area contributed by atoms with Crippen molar-refractivity contribution < 1.29 is 13.6 Å². The van der Waals surface area contributed by atoms with Gasteiger partial charge in [-0.1, -0.05) is 0 Å². The number of aryl methyl sites for hydroxylation is 1. The van der Waals surface area contributed by atoms with Crippen LogP contribution in [0.1, 0.15) is 16.1 Å². The molecule has 1 N–H and O–H groups in total. The first kappa shape index (κ1) is 13.2. The first-order valence-corrected chi connectivity index (χ1v) is 5.76. The molecule has 0 radical (unpaired) electrons. The van der Waals surface area contributed by atoms with Crippen LogP contribution in [-0.4, -0.2) is 22.0 Å². The van der Waals surface area contributed by atoms with Crippen LogP contribution in [0.15, 0.2) is 30.7 Å². The van der Waals surface area contributed by atoms with Crippen molar-refractivity contribution in [1.29, 1.82) is 0 Å². The van der Waals surface area contributed by atoms with Gasteiger partial charge in [-0.15, -0.1) is 0 Å². The summed E-state index contributed by atoms with van der Waals surface area (Å²) in [5.41, 5.74) is 0.671. The van der Waals surface area contributed by atoms with E-state index < -0.39 is 17.5 Å². The Morgan fingerprint density at radius 3 is 2.84 bits per heavy atom. The topological polar surface area (TPSA) is 46.9 Å². The monoisotopic (exact) mass is 265 g/mol. The van der Waals surface area contributed by atoms with E-state index in [1.807, 2.05) is 13.2 Å². The third-order valence-electron chi connectivity index (χ3n) is 2.60. The lowest BCUT2D eigenvalue weighted by Crippen LogP contribution is -2.26. The maximum Gasteiger partial charge on any atom is 0.254 e. The lowest BCUT2D eigenvalue weighted by Gasteiger charge is -2.05. The quantitative estimate of drug-likeness (QED) is 0.914. The minimum atomic E-state index is -0.865. The largest absolute Gasteiger partial charge is 0.352 e. The van der Waals surface area contributed by atoms with E-state index in [1.165, 1.54) is 0 Å². The number of hydrogen-bond acceptors (Lipinski definition) is 2. The molecule has 0 unspecified atom stereocenters. The van der Waals surface area contributed by atoms with Gasteiger partial charge in [-0.2, -0.15) is 0 Å². The smallest absolute Gasteiger partial charge is 0.254 e. The van der Waals surface area contributed by atoms with Crippen molar-refractivity contribution >= 4 is 5.91 Å². The summed E-state index contributed by atoms with van der Waals surface area (Å²) in [6.07, 6.45) is 4.05. The SMILES string of the molecule is Cn1cnc(CCNC(=O)c2ccc(F)cc2F)c1. The highest BCUT2D eigenvalue weighted by Crippen LogP contribution is 2.09. The molecule has 6 heteroatoms. The number of nitrogens with zero attached hydrogens (tertiary/aromatic N) is 2. The van der Waals surface area contributed by atoms with Gasteiger partial charge in [-0.3, -0.25) is 4.79 Å². The molecule has 0 spiro atoms. The predicted octanol–water partition coefficient (Wildman–Crippen LogP) is 1.67. The van der Waals surface area contributed by atoms with Crippen LogP contribution >= 0.6 is 0 Å². The lowest BCUT2D eigenvalue weighted by molar-refractivity contribution is 0.0950. The van der Waals surface area contributed by atoms with Crippen LogP contribution in [0, 0.1) is 11.6 Å². The van der Waals surface area contributed by atoms with E-state index >= 15 is 0 Å². The van der Waals surface area contributed by atoms with Gasteiger partial charge in [0.15, 0.2) is 0 Å². The molecule has 1 aromatic heterocycles. The van der Waals surface area contributed by atoms with Crippen molar-refractivity contribution in [2.45, 2.75) is 6.42 Å². The number of amides is 1. The second kappa shape index (κ2) is 5.60. The molecule has 100 valence electrons. The Kier molecular flexibility index (Phi) is 3.89. The molecule has 19 heavy (non-hydrogen) atoms. The summed E-state index contributed by atoms with van der Waals surface area (Å²) >= 11 is 0. The minimum Gasteiger partial charge on any atom is -0.352 e. The van der Waals surface area contributed by atoms with Gasteiger partial charge in [-0.05, 0) is 12.1 Å². The molecule has 0 saturated carbocycles. The molecular weight excluding hydrogens is 252 g/mol. The fourth-order valence-corrected chi connectivity index (χ4v) is 1.67. The molecule has 2 aromatic rings. The molecule has 0 aliphatic carbocycles. The van der Waals surface area contributed by atoms with E-state index in [1.54, 1.807) is 10.9 Å². The summed E-state index contributed by atoms with van der Waals surface area (Å²) in [5, 5.41) is 2.57. The Labute approximate surface area is 109 Å². The van der Waals surface area contributed by atoms with Gasteiger partial charge in [0, 0.05) is 32.3 Å². The Morgan fingerprint density at radius 2 is 2.21 bits per heavy atom. The number of hydrogen-bond donors (Lipinski definition) is 1. The van der Waals surface area contributed by atoms with Crippen LogP contribution in [-0.2, 0) is 13.5 Å². The maximum atomic E-state index is 13.3. The van der Waals surface area contributed by atoms with Crippen molar-refractivity contribution in [2.75, 3.05) is 6.54 Å². The molecule has 1 amide bonds. The third-order valence-corrected chi connectivity index (χ3v) is 2.60. The summed E-state index contributed by atoms with van der Waals surface area (Å²) in [6.45, 7) is 0.340. The van der Waals surface area contributed by atoms with Gasteiger partial charge in [0.05, 0.1) is 17.6 Å². The zero-order valence-electron chi connectivity index (χ0n) is 10.4. The summed E-state index contributed by atoms with van der Waals surface area (Å²) < 4.78 is 27.8. The van der Waals surface area contributed by atoms with Gasteiger partial charge in [0.2, 0.25) is 0 Å². The lowest BCUT2D eigenvalue weighted by atomic mass is 10.2. The number of benzene rings is 1. The van der Waals surface area contributed by atoms with E-state index in [4.69, 9.17) is 0 Å². The van der Waals surface area contributed by atoms with Crippen molar-refractivity contribution in [3.05, 3.63) is 53.6 Å². The van der Waals surface area contributed by atoms with Gasteiger partial charge in [0.25, 0.3) is 5.91 Å². The number of nitrogens with one attached hydrogen (secondary N) is 1. The Morgan fingerprint density at radius 1 is 1.42 bits per heavy atom. The van der Waals surface area contributed by atoms with Gasteiger partial charge >= 0.3 is 0 Å². The van der Waals surface area contributed by atoms with Crippen molar-refractivity contribution in [3.63, 3.8) is 0 Å². The number of rotatable bonds is 4. The highest BCUT2D eigenvalue weighted by atomic mass is 19.1. The average Bonchev–Trinajstić information content (AvgIpc) is 2.75. The van der Waals surface area contributed by atoms with Crippen molar-refractivity contribution in [1.82, 2.24) is 14.9 Å². The summed E-state index contributed by atoms with van der Waals surface area (Å²) in [4.78, 5) is 15.8. The van der Waals surface area contributed by atoms with E-state index in [9.17, 15) is 13.6 Å². The van der Waals surface area contributed by atoms with Crippen LogP contribution in [0.2, 0.25) is 0 Å². The first-order chi connectivity index (χ1) is 9.06. The Bertz CT molecular complexity index is 595. The number of aromatic nitrogens is 2. The van der Waals surface area contributed by atoms with Crippen molar-refractivity contribution in [2.24, 2.45) is 7.05 Å².